The van der Waals surface area contributed by atoms with Gasteiger partial charge in [0.25, 0.3) is 5.22 Å². The second-order valence-corrected chi connectivity index (χ2v) is 5.56. The predicted molar refractivity (Wildman–Crippen MR) is 77.5 cm³/mol. The molecule has 0 saturated carbocycles. The van der Waals surface area contributed by atoms with Crippen molar-refractivity contribution in [3.63, 3.8) is 0 Å². The third-order valence-corrected chi connectivity index (χ3v) is 3.24. The monoisotopic (exact) mass is 291 g/mol. The number of amides is 1. The molecule has 0 bridgehead atoms. The second kappa shape index (κ2) is 7.09. The summed E-state index contributed by atoms with van der Waals surface area (Å²) in [6.07, 6.45) is 0.604. The maximum Gasteiger partial charge on any atom is 0.277 e. The van der Waals surface area contributed by atoms with Crippen LogP contribution in [0.3, 0.4) is 0 Å². The Bertz CT molecular complexity index is 555. The highest BCUT2D eigenvalue weighted by Crippen LogP contribution is 2.17. The molecule has 1 N–H and O–H groups in total. The van der Waals surface area contributed by atoms with Crippen LogP contribution >= 0.6 is 11.8 Å². The third kappa shape index (κ3) is 4.70. The minimum atomic E-state index is -0.0344. The first kappa shape index (κ1) is 14.6. The van der Waals surface area contributed by atoms with Crippen molar-refractivity contribution in [2.75, 3.05) is 5.75 Å². The highest BCUT2D eigenvalue weighted by atomic mass is 32.2. The van der Waals surface area contributed by atoms with E-state index < -0.39 is 0 Å². The molecule has 6 heteroatoms. The molecule has 1 aromatic heterocycles. The van der Waals surface area contributed by atoms with Gasteiger partial charge in [0.1, 0.15) is 0 Å². The number of hydrogen-bond donors (Lipinski definition) is 1. The fraction of sp³-hybridized carbons (Fsp3) is 0.357. The molecule has 2 rings (SSSR count). The summed E-state index contributed by atoms with van der Waals surface area (Å²) in [6, 6.07) is 10.1. The molecule has 0 aliphatic carbocycles. The summed E-state index contributed by atoms with van der Waals surface area (Å²) in [5, 5.41) is 11.1. The van der Waals surface area contributed by atoms with Crippen molar-refractivity contribution in [1.29, 1.82) is 0 Å². The van der Waals surface area contributed by atoms with Crippen LogP contribution in [0.25, 0.3) is 0 Å². The van der Waals surface area contributed by atoms with E-state index in [-0.39, 0.29) is 17.7 Å². The average Bonchev–Trinajstić information content (AvgIpc) is 2.84. The Kier molecular flexibility index (Phi) is 5.17. The van der Waals surface area contributed by atoms with Gasteiger partial charge in [0, 0.05) is 6.04 Å². The van der Waals surface area contributed by atoms with Crippen LogP contribution < -0.4 is 5.32 Å². The van der Waals surface area contributed by atoms with Crippen LogP contribution in [0.4, 0.5) is 0 Å². The second-order valence-electron chi connectivity index (χ2n) is 4.63. The van der Waals surface area contributed by atoms with Gasteiger partial charge in [0.2, 0.25) is 11.8 Å². The van der Waals surface area contributed by atoms with Gasteiger partial charge in [-0.3, -0.25) is 4.79 Å². The van der Waals surface area contributed by atoms with E-state index in [9.17, 15) is 4.79 Å². The zero-order valence-electron chi connectivity index (χ0n) is 11.5. The van der Waals surface area contributed by atoms with Crippen LogP contribution in [0.15, 0.2) is 40.0 Å². The Morgan fingerprint density at radius 1 is 1.30 bits per heavy atom. The molecule has 0 fully saturated rings. The Hall–Kier alpha value is -1.82. The van der Waals surface area contributed by atoms with Crippen molar-refractivity contribution in [2.24, 2.45) is 0 Å². The van der Waals surface area contributed by atoms with Gasteiger partial charge in [0.15, 0.2) is 0 Å². The molecule has 20 heavy (non-hydrogen) atoms. The van der Waals surface area contributed by atoms with E-state index in [1.54, 1.807) is 0 Å². The molecule has 0 atom stereocenters. The maximum absolute atomic E-state index is 11.5. The van der Waals surface area contributed by atoms with Crippen molar-refractivity contribution in [2.45, 2.75) is 31.5 Å². The molecule has 0 unspecified atom stereocenters. The third-order valence-electron chi connectivity index (χ3n) is 2.42. The van der Waals surface area contributed by atoms with Gasteiger partial charge in [-0.05, 0) is 19.4 Å². The lowest BCUT2D eigenvalue weighted by Gasteiger charge is -2.06. The smallest absolute Gasteiger partial charge is 0.277 e. The number of aromatic nitrogens is 2. The van der Waals surface area contributed by atoms with Crippen LogP contribution in [0, 0.1) is 0 Å². The van der Waals surface area contributed by atoms with Crippen LogP contribution in [0.2, 0.25) is 0 Å². The molecule has 1 heterocycles. The van der Waals surface area contributed by atoms with Crippen molar-refractivity contribution < 1.29 is 9.21 Å². The summed E-state index contributed by atoms with van der Waals surface area (Å²) < 4.78 is 5.50. The van der Waals surface area contributed by atoms with Gasteiger partial charge in [0.05, 0.1) is 12.2 Å². The highest BCUT2D eigenvalue weighted by Gasteiger charge is 2.10. The van der Waals surface area contributed by atoms with Gasteiger partial charge >= 0.3 is 0 Å². The van der Waals surface area contributed by atoms with Crippen molar-refractivity contribution in [1.82, 2.24) is 15.5 Å². The van der Waals surface area contributed by atoms with Gasteiger partial charge in [-0.25, -0.2) is 0 Å². The van der Waals surface area contributed by atoms with E-state index >= 15 is 0 Å². The number of carbonyl (C=O) groups is 1. The normalized spacial score (nSPS) is 10.8. The Balaban J connectivity index is 1.85. The number of benzene rings is 1. The van der Waals surface area contributed by atoms with E-state index in [2.05, 4.69) is 15.5 Å². The van der Waals surface area contributed by atoms with Crippen LogP contribution in [-0.4, -0.2) is 27.9 Å². The number of hydrogen-bond acceptors (Lipinski definition) is 5. The molecule has 1 aromatic carbocycles. The molecule has 0 aliphatic heterocycles. The van der Waals surface area contributed by atoms with E-state index in [1.165, 1.54) is 11.8 Å². The first-order valence-corrected chi connectivity index (χ1v) is 7.40. The topological polar surface area (TPSA) is 68.0 Å². The minimum Gasteiger partial charge on any atom is -0.416 e. The van der Waals surface area contributed by atoms with Gasteiger partial charge in [-0.15, -0.1) is 10.2 Å². The summed E-state index contributed by atoms with van der Waals surface area (Å²) in [7, 11) is 0. The largest absolute Gasteiger partial charge is 0.416 e. The lowest BCUT2D eigenvalue weighted by molar-refractivity contribution is -0.119. The zero-order chi connectivity index (χ0) is 14.4. The van der Waals surface area contributed by atoms with Crippen LogP contribution in [0.1, 0.15) is 25.3 Å². The van der Waals surface area contributed by atoms with E-state index in [0.29, 0.717) is 17.5 Å². The SMILES string of the molecule is CC(C)NC(=O)CSc1nnc(Cc2ccccc2)o1. The number of nitrogens with one attached hydrogen (secondary N) is 1. The summed E-state index contributed by atoms with van der Waals surface area (Å²) in [5.74, 6) is 0.807. The van der Waals surface area contributed by atoms with E-state index in [4.69, 9.17) is 4.42 Å². The molecule has 2 aromatic rings. The first-order valence-electron chi connectivity index (χ1n) is 6.42. The first-order chi connectivity index (χ1) is 9.63. The fourth-order valence-electron chi connectivity index (χ4n) is 1.63. The zero-order valence-corrected chi connectivity index (χ0v) is 12.3. The number of carbonyl (C=O) groups excluding carboxylic acids is 1. The molecule has 0 aliphatic rings. The molecule has 106 valence electrons. The summed E-state index contributed by atoms with van der Waals surface area (Å²) in [5.41, 5.74) is 1.12. The molecular weight excluding hydrogens is 274 g/mol. The highest BCUT2D eigenvalue weighted by molar-refractivity contribution is 7.99. The Morgan fingerprint density at radius 2 is 2.05 bits per heavy atom. The van der Waals surface area contributed by atoms with Gasteiger partial charge < -0.3 is 9.73 Å². The predicted octanol–water partition coefficient (Wildman–Crippen LogP) is 2.28. The standard InChI is InChI=1S/C14H17N3O2S/c1-10(2)15-12(18)9-20-14-17-16-13(19-14)8-11-6-4-3-5-7-11/h3-7,10H,8-9H2,1-2H3,(H,15,18). The van der Waals surface area contributed by atoms with Gasteiger partial charge in [-0.2, -0.15) is 0 Å². The quantitative estimate of drug-likeness (QED) is 0.827. The Morgan fingerprint density at radius 3 is 2.75 bits per heavy atom. The summed E-state index contributed by atoms with van der Waals surface area (Å²) in [4.78, 5) is 11.5. The summed E-state index contributed by atoms with van der Waals surface area (Å²) in [6.45, 7) is 3.85. The molecule has 0 spiro atoms. The maximum atomic E-state index is 11.5. The number of thioether (sulfide) groups is 1. The molecule has 1 amide bonds. The van der Waals surface area contributed by atoms with Crippen molar-refractivity contribution in [3.8, 4) is 0 Å². The van der Waals surface area contributed by atoms with E-state index in [0.717, 1.165) is 5.56 Å². The van der Waals surface area contributed by atoms with E-state index in [1.807, 2.05) is 44.2 Å². The van der Waals surface area contributed by atoms with Crippen LogP contribution in [0.5, 0.6) is 0 Å². The van der Waals surface area contributed by atoms with Crippen LogP contribution in [-0.2, 0) is 11.2 Å². The summed E-state index contributed by atoms with van der Waals surface area (Å²) >= 11 is 1.25. The van der Waals surface area contributed by atoms with Crippen molar-refractivity contribution in [3.05, 3.63) is 41.8 Å². The minimum absolute atomic E-state index is 0.0344. The Labute approximate surface area is 122 Å². The van der Waals surface area contributed by atoms with Crippen molar-refractivity contribution >= 4 is 17.7 Å². The molecule has 0 saturated heterocycles. The fourth-order valence-corrected chi connectivity index (χ4v) is 2.22. The molecule has 5 nitrogen and oxygen atoms in total. The number of nitrogens with zero attached hydrogens (tertiary/aromatic N) is 2. The number of rotatable bonds is 6. The van der Waals surface area contributed by atoms with Gasteiger partial charge in [-0.1, -0.05) is 42.1 Å². The molecular formula is C14H17N3O2S. The molecule has 0 radical (unpaired) electrons. The average molecular weight is 291 g/mol. The lowest BCUT2D eigenvalue weighted by Crippen LogP contribution is -2.31. The lowest BCUT2D eigenvalue weighted by atomic mass is 10.2.